The zero-order valence-corrected chi connectivity index (χ0v) is 88.2. The van der Waals surface area contributed by atoms with Gasteiger partial charge in [0, 0.05) is 42.1 Å². The second kappa shape index (κ2) is 43.7. The van der Waals surface area contributed by atoms with Gasteiger partial charge >= 0.3 is 0 Å². The molecule has 708 valence electrons. The summed E-state index contributed by atoms with van der Waals surface area (Å²) in [5, 5.41) is 6.48. The predicted molar refractivity (Wildman–Crippen MR) is 584 cm³/mol. The van der Waals surface area contributed by atoms with E-state index in [1.165, 1.54) is 164 Å². The van der Waals surface area contributed by atoms with Gasteiger partial charge in [-0.3, -0.25) is 9.89 Å². The van der Waals surface area contributed by atoms with E-state index < -0.39 is 0 Å². The monoisotopic (exact) mass is 1790 g/mol. The third kappa shape index (κ3) is 29.8. The summed E-state index contributed by atoms with van der Waals surface area (Å²) in [6.45, 7) is 69.8. The molecule has 20 rings (SSSR count). The van der Waals surface area contributed by atoms with Crippen LogP contribution in [0.5, 0.6) is 0 Å². The SMILES string of the molecule is CC(C)(C)C1Cc2ccccc2C1.CC(C)(C)N1CCc2ccccc2C1.CC(C)(C)c1ccc2c(c1)CC=C2.CC(C)(C)c1ccc2c(c1)CC=N2.CC(C)(C)c1ccc2c(c1)CCC2.CC(C)(C)c1ccc2c(c1)CCCC2.CC(C)(C)c1ccc2ccccc2c1.CC(C)(C)c1ccc2ccccc2c1.CC(C)(C)c1ccc2ccoc2c1.CC(C)(C)c1nc2ccccc2o1. The minimum absolute atomic E-state index is 0.0149. The number of hydrogen-bond acceptors (Lipinski definition) is 5. The van der Waals surface area contributed by atoms with E-state index >= 15 is 0 Å². The minimum Gasteiger partial charge on any atom is -0.464 e. The Morgan fingerprint density at radius 3 is 1.19 bits per heavy atom. The van der Waals surface area contributed by atoms with Crippen molar-refractivity contribution < 1.29 is 8.83 Å². The van der Waals surface area contributed by atoms with Crippen LogP contribution in [0.2, 0.25) is 0 Å². The number of fused-ring (bicyclic) bond motifs is 10. The molecule has 2 aliphatic heterocycles. The summed E-state index contributed by atoms with van der Waals surface area (Å²) < 4.78 is 11.0. The Labute approximate surface area is 811 Å². The smallest absolute Gasteiger partial charge is 0.200 e. The van der Waals surface area contributed by atoms with Crippen molar-refractivity contribution in [3.8, 4) is 0 Å². The second-order valence-corrected chi connectivity index (χ2v) is 48.5. The lowest BCUT2D eigenvalue weighted by Crippen LogP contribution is -2.44. The summed E-state index contributed by atoms with van der Waals surface area (Å²) >= 11 is 0. The number of aromatic nitrogens is 1. The fraction of sp³-hybridized carbons (Fsp3) is 0.426. The van der Waals surface area contributed by atoms with Gasteiger partial charge in [-0.25, -0.2) is 4.98 Å². The first-order valence-corrected chi connectivity index (χ1v) is 50.1. The molecule has 6 aliphatic rings. The van der Waals surface area contributed by atoms with E-state index in [1.54, 1.807) is 39.6 Å². The number of oxazole rings is 1. The third-order valence-corrected chi connectivity index (χ3v) is 27.2. The van der Waals surface area contributed by atoms with Gasteiger partial charge in [-0.1, -0.05) is 424 Å². The fourth-order valence-electron chi connectivity index (χ4n) is 17.7. The third-order valence-electron chi connectivity index (χ3n) is 27.2. The van der Waals surface area contributed by atoms with Crippen LogP contribution in [0.1, 0.15) is 333 Å². The van der Waals surface area contributed by atoms with E-state index in [4.69, 9.17) is 8.83 Å². The zero-order valence-electron chi connectivity index (χ0n) is 88.2. The largest absolute Gasteiger partial charge is 0.464 e. The quantitative estimate of drug-likeness (QED) is 0.152. The number of nitrogens with zero attached hydrogens (tertiary/aromatic N) is 3. The molecule has 2 aromatic heterocycles. The molecule has 0 amide bonds. The molecule has 0 N–H and O–H groups in total. The number of hydrogen-bond donors (Lipinski definition) is 0. The number of rotatable bonds is 0. The molecule has 5 nitrogen and oxygen atoms in total. The van der Waals surface area contributed by atoms with Crippen molar-refractivity contribution >= 4 is 61.6 Å². The highest BCUT2D eigenvalue weighted by Crippen LogP contribution is 2.40. The maximum Gasteiger partial charge on any atom is 0.200 e. The highest BCUT2D eigenvalue weighted by molar-refractivity contribution is 5.84. The van der Waals surface area contributed by atoms with Gasteiger partial charge in [0.1, 0.15) is 11.1 Å². The molecule has 5 heteroatoms. The van der Waals surface area contributed by atoms with Crippen LogP contribution in [0.25, 0.3) is 49.7 Å². The van der Waals surface area contributed by atoms with Crippen molar-refractivity contribution in [1.82, 2.24) is 9.88 Å². The van der Waals surface area contributed by atoms with E-state index in [0.29, 0.717) is 21.8 Å². The first-order chi connectivity index (χ1) is 62.7. The number of benzene rings is 12. The van der Waals surface area contributed by atoms with Crippen LogP contribution in [-0.4, -0.2) is 28.2 Å². The summed E-state index contributed by atoms with van der Waals surface area (Å²) in [5.41, 5.74) is 33.2. The number of aliphatic imine (C=N–C) groups is 1. The molecule has 0 saturated carbocycles. The molecule has 0 radical (unpaired) electrons. The normalized spacial score (nSPS) is 14.6. The molecule has 134 heavy (non-hydrogen) atoms. The Morgan fingerprint density at radius 1 is 0.299 bits per heavy atom. The molecule has 0 saturated heterocycles. The second-order valence-electron chi connectivity index (χ2n) is 48.5. The number of furan rings is 1. The molecular formula is C129H165N3O2. The van der Waals surface area contributed by atoms with Crippen LogP contribution >= 0.6 is 0 Å². The van der Waals surface area contributed by atoms with Crippen LogP contribution in [0.4, 0.5) is 5.69 Å². The maximum absolute atomic E-state index is 5.62. The van der Waals surface area contributed by atoms with Crippen LogP contribution in [0, 0.1) is 11.3 Å². The zero-order chi connectivity index (χ0) is 97.6. The fourth-order valence-corrected chi connectivity index (χ4v) is 17.7. The number of aryl methyl sites for hydroxylation is 4. The minimum atomic E-state index is -0.0149. The van der Waals surface area contributed by atoms with Gasteiger partial charge in [0.05, 0.1) is 12.0 Å². The Hall–Kier alpha value is -10.5. The molecule has 4 aliphatic carbocycles. The summed E-state index contributed by atoms with van der Waals surface area (Å²) in [6, 6.07) is 91.8. The molecular weight excluding hydrogens is 1620 g/mol. The van der Waals surface area contributed by atoms with Crippen LogP contribution in [0.15, 0.2) is 281 Å². The van der Waals surface area contributed by atoms with Crippen LogP contribution in [-0.2, 0) is 108 Å². The molecule has 0 unspecified atom stereocenters. The van der Waals surface area contributed by atoms with Gasteiger partial charge in [0.2, 0.25) is 5.89 Å². The predicted octanol–water partition coefficient (Wildman–Crippen LogP) is 35.6. The molecule has 12 aromatic carbocycles. The average molecular weight is 1790 g/mol. The van der Waals surface area contributed by atoms with Gasteiger partial charge in [-0.05, 0) is 293 Å². The van der Waals surface area contributed by atoms with Crippen molar-refractivity contribution in [2.75, 3.05) is 6.54 Å². The topological polar surface area (TPSA) is 54.8 Å². The lowest BCUT2D eigenvalue weighted by Gasteiger charge is -2.39. The highest BCUT2D eigenvalue weighted by atomic mass is 16.3. The number of allylic oxidation sites excluding steroid dienone is 1. The first-order valence-electron chi connectivity index (χ1n) is 50.1. The summed E-state index contributed by atoms with van der Waals surface area (Å²) in [4.78, 5) is 11.3. The van der Waals surface area contributed by atoms with E-state index in [0.717, 1.165) is 53.6 Å². The standard InChI is InChI=1S/C14H20.2C14H16.C13H19N.C13H18.C13H16.C13H18.C12H15N.C12H14O.C11H13NO/c3*1-14(2,3)13-9-8-11-6-4-5-7-12(11)10-13;1-13(2,3)14-9-8-11-6-4-5-7-12(11)10-14;2*1-13(2,3)12-8-7-10-5-4-6-11(10)9-12;1-13(2,3)12-8-10-6-4-5-7-11(10)9-12;1-12(2,3)10-4-5-11-9(8-10)6-7-13-11;1-12(2,3)10-5-4-9-6-7-13-11(9)8-10;1-11(2,3)10-12-8-6-4-5-7-9(8)13-10/h8-10H,4-7H2,1-3H3;2*4-10H,1-3H3;4-7H,8-10H2,1-3H3;7-9H,4-6H2,1-3H3;4-5,7-9H,6H2,1-3H3;4-7,12H,8-9H2,1-3H3;4-5,7-8H,6H2,1-3H3;4-8H,1-3H3;4-7H,1-3H3. The molecule has 14 aromatic rings. The lowest BCUT2D eigenvalue weighted by molar-refractivity contribution is 0.121. The van der Waals surface area contributed by atoms with Crippen LogP contribution < -0.4 is 0 Å². The van der Waals surface area contributed by atoms with Gasteiger partial charge < -0.3 is 8.83 Å². The van der Waals surface area contributed by atoms with Gasteiger partial charge in [-0.15, -0.1) is 0 Å². The molecule has 4 heterocycles. The van der Waals surface area contributed by atoms with Crippen molar-refractivity contribution in [3.05, 3.63) is 373 Å². The van der Waals surface area contributed by atoms with Crippen molar-refractivity contribution in [2.45, 2.75) is 340 Å². The summed E-state index contributed by atoms with van der Waals surface area (Å²) in [7, 11) is 0. The van der Waals surface area contributed by atoms with E-state index in [2.05, 4.69) is 459 Å². The summed E-state index contributed by atoms with van der Waals surface area (Å²) in [6.07, 6.45) is 23.3. The molecule has 0 atom stereocenters. The van der Waals surface area contributed by atoms with Gasteiger partial charge in [-0.2, -0.15) is 0 Å². The van der Waals surface area contributed by atoms with E-state index in [1.807, 2.05) is 36.5 Å². The number of para-hydroxylation sites is 2. The summed E-state index contributed by atoms with van der Waals surface area (Å²) in [5.74, 6) is 1.64. The van der Waals surface area contributed by atoms with E-state index in [9.17, 15) is 0 Å². The maximum atomic E-state index is 5.62. The average Bonchev–Trinajstić information content (AvgIpc) is 1.69. The highest BCUT2D eigenvalue weighted by Gasteiger charge is 2.32. The molecule has 0 bridgehead atoms. The molecule has 0 fully saturated rings. The Morgan fingerprint density at radius 2 is 0.694 bits per heavy atom. The first kappa shape index (κ1) is 104. The van der Waals surface area contributed by atoms with E-state index in [-0.39, 0.29) is 32.5 Å². The van der Waals surface area contributed by atoms with Crippen molar-refractivity contribution in [2.24, 2.45) is 16.3 Å². The Bertz CT molecular complexity index is 5990. The Kier molecular flexibility index (Phi) is 33.9. The Balaban J connectivity index is 0.000000143. The lowest BCUT2D eigenvalue weighted by atomic mass is 9.79. The van der Waals surface area contributed by atoms with Crippen molar-refractivity contribution in [3.63, 3.8) is 0 Å². The van der Waals surface area contributed by atoms with Crippen molar-refractivity contribution in [1.29, 1.82) is 0 Å². The van der Waals surface area contributed by atoms with Gasteiger partial charge in [0.25, 0.3) is 0 Å². The van der Waals surface area contributed by atoms with Crippen LogP contribution in [0.3, 0.4) is 0 Å². The van der Waals surface area contributed by atoms with Gasteiger partial charge in [0.15, 0.2) is 5.58 Å². The molecule has 0 spiro atoms.